The third-order valence-corrected chi connectivity index (χ3v) is 7.17. The van der Waals surface area contributed by atoms with Crippen LogP contribution in [0.25, 0.3) is 22.4 Å². The van der Waals surface area contributed by atoms with E-state index in [1.165, 1.54) is 24.6 Å². The van der Waals surface area contributed by atoms with E-state index in [2.05, 4.69) is 26.9 Å². The number of nitrogens with one attached hydrogen (secondary N) is 1. The lowest BCUT2D eigenvalue weighted by Crippen LogP contribution is -2.34. The zero-order valence-electron chi connectivity index (χ0n) is 20.4. The van der Waals surface area contributed by atoms with Crippen LogP contribution in [0.4, 0.5) is 10.1 Å². The number of piperidine rings is 1. The van der Waals surface area contributed by atoms with Gasteiger partial charge in [0.25, 0.3) is 0 Å². The average molecular weight is 505 g/mol. The summed E-state index contributed by atoms with van der Waals surface area (Å²) in [5.41, 5.74) is 4.95. The molecule has 186 valence electrons. The van der Waals surface area contributed by atoms with Gasteiger partial charge in [0.1, 0.15) is 11.6 Å². The molecule has 1 fully saturated rings. The first kappa shape index (κ1) is 24.5. The summed E-state index contributed by atoms with van der Waals surface area (Å²) in [6.07, 6.45) is 3.19. The van der Waals surface area contributed by atoms with Gasteiger partial charge >= 0.3 is 0 Å². The number of amides is 1. The predicted molar refractivity (Wildman–Crippen MR) is 144 cm³/mol. The Labute approximate surface area is 215 Å². The van der Waals surface area contributed by atoms with E-state index < -0.39 is 0 Å². The van der Waals surface area contributed by atoms with E-state index in [0.717, 1.165) is 73.6 Å². The molecule has 0 spiro atoms. The Hall–Kier alpha value is -3.22. The van der Waals surface area contributed by atoms with Crippen LogP contribution in [0.5, 0.6) is 0 Å². The molecular formula is C29H30ClFN4O. The van der Waals surface area contributed by atoms with E-state index >= 15 is 0 Å². The van der Waals surface area contributed by atoms with E-state index in [1.54, 1.807) is 12.1 Å². The first-order valence-corrected chi connectivity index (χ1v) is 12.9. The maximum Gasteiger partial charge on any atom is 0.221 e. The molecule has 1 aromatic heterocycles. The highest BCUT2D eigenvalue weighted by atomic mass is 35.5. The van der Waals surface area contributed by atoms with Crippen molar-refractivity contribution in [2.75, 3.05) is 25.0 Å². The molecule has 1 aliphatic heterocycles. The minimum atomic E-state index is -0.255. The summed E-state index contributed by atoms with van der Waals surface area (Å²) in [5, 5.41) is 3.57. The van der Waals surface area contributed by atoms with Gasteiger partial charge < -0.3 is 14.8 Å². The number of fused-ring (bicyclic) bond motifs is 1. The SMILES string of the molecule is CC(=O)Nc1cccc(C2CCN(CCCn3c(-c4ccc(F)cc4)nc4ccc(Cl)cc43)CC2)c1. The van der Waals surface area contributed by atoms with Crippen LogP contribution < -0.4 is 5.32 Å². The number of halogens is 2. The maximum absolute atomic E-state index is 13.5. The van der Waals surface area contributed by atoms with E-state index in [-0.39, 0.29) is 11.7 Å². The fourth-order valence-corrected chi connectivity index (χ4v) is 5.32. The summed E-state index contributed by atoms with van der Waals surface area (Å²) in [6.45, 7) is 5.45. The molecule has 36 heavy (non-hydrogen) atoms. The second-order valence-corrected chi connectivity index (χ2v) is 9.94. The highest BCUT2D eigenvalue weighted by Gasteiger charge is 2.21. The van der Waals surface area contributed by atoms with Gasteiger partial charge in [0.15, 0.2) is 0 Å². The average Bonchev–Trinajstić information content (AvgIpc) is 3.22. The number of likely N-dealkylation sites (tertiary alicyclic amines) is 1. The lowest BCUT2D eigenvalue weighted by atomic mass is 9.89. The van der Waals surface area contributed by atoms with Crippen molar-refractivity contribution in [1.82, 2.24) is 14.5 Å². The molecule has 1 saturated heterocycles. The minimum absolute atomic E-state index is 0.0440. The van der Waals surface area contributed by atoms with Crippen LogP contribution in [-0.4, -0.2) is 40.0 Å². The number of anilines is 1. The quantitative estimate of drug-likeness (QED) is 0.304. The number of rotatable bonds is 7. The summed E-state index contributed by atoms with van der Waals surface area (Å²) >= 11 is 6.30. The Balaban J connectivity index is 1.23. The third kappa shape index (κ3) is 5.61. The Morgan fingerprint density at radius 2 is 1.83 bits per heavy atom. The zero-order valence-corrected chi connectivity index (χ0v) is 21.1. The molecular weight excluding hydrogens is 475 g/mol. The highest BCUT2D eigenvalue weighted by Crippen LogP contribution is 2.30. The summed E-state index contributed by atoms with van der Waals surface area (Å²) in [5.74, 6) is 1.05. The number of hydrogen-bond acceptors (Lipinski definition) is 3. The van der Waals surface area contributed by atoms with E-state index in [1.807, 2.05) is 30.3 Å². The minimum Gasteiger partial charge on any atom is -0.326 e. The Bertz CT molecular complexity index is 1360. The van der Waals surface area contributed by atoms with Crippen molar-refractivity contribution in [3.8, 4) is 11.4 Å². The van der Waals surface area contributed by atoms with Gasteiger partial charge in [0.05, 0.1) is 11.0 Å². The molecule has 0 aliphatic carbocycles. The van der Waals surface area contributed by atoms with E-state index in [0.29, 0.717) is 10.9 Å². The van der Waals surface area contributed by atoms with Crippen LogP contribution >= 0.6 is 11.6 Å². The Morgan fingerprint density at radius 1 is 1.06 bits per heavy atom. The fourth-order valence-electron chi connectivity index (χ4n) is 5.16. The summed E-state index contributed by atoms with van der Waals surface area (Å²) in [4.78, 5) is 18.7. The van der Waals surface area contributed by atoms with Crippen molar-refractivity contribution in [3.05, 3.63) is 83.1 Å². The van der Waals surface area contributed by atoms with Gasteiger partial charge in [-0.15, -0.1) is 0 Å². The lowest BCUT2D eigenvalue weighted by Gasteiger charge is -2.32. The Morgan fingerprint density at radius 3 is 2.58 bits per heavy atom. The standard InChI is InChI=1S/C29H30ClFN4O/c1-20(36)32-26-5-2-4-23(18-26)21-12-16-34(17-13-21)14-3-15-35-28-19-24(30)8-11-27(28)33-29(35)22-6-9-25(31)10-7-22/h2,4-11,18-19,21H,3,12-17H2,1H3,(H,32,36). The second-order valence-electron chi connectivity index (χ2n) is 9.50. The van der Waals surface area contributed by atoms with Crippen molar-refractivity contribution >= 4 is 34.2 Å². The van der Waals surface area contributed by atoms with Gasteiger partial charge in [-0.3, -0.25) is 4.79 Å². The first-order valence-electron chi connectivity index (χ1n) is 12.5. The molecule has 1 aliphatic rings. The van der Waals surface area contributed by atoms with Crippen LogP contribution in [0.2, 0.25) is 5.02 Å². The smallest absolute Gasteiger partial charge is 0.221 e. The monoisotopic (exact) mass is 504 g/mol. The largest absolute Gasteiger partial charge is 0.326 e. The molecule has 2 heterocycles. The normalized spacial score (nSPS) is 14.9. The van der Waals surface area contributed by atoms with Gasteiger partial charge in [-0.2, -0.15) is 0 Å². The number of carbonyl (C=O) groups excluding carboxylic acids is 1. The molecule has 4 aromatic rings. The zero-order chi connectivity index (χ0) is 25.1. The molecule has 0 radical (unpaired) electrons. The van der Waals surface area contributed by atoms with Crippen LogP contribution in [-0.2, 0) is 11.3 Å². The number of imidazole rings is 1. The van der Waals surface area contributed by atoms with Crippen molar-refractivity contribution < 1.29 is 9.18 Å². The van der Waals surface area contributed by atoms with Crippen LogP contribution in [0.15, 0.2) is 66.7 Å². The highest BCUT2D eigenvalue weighted by molar-refractivity contribution is 6.31. The number of benzene rings is 3. The molecule has 0 bridgehead atoms. The number of aromatic nitrogens is 2. The summed E-state index contributed by atoms with van der Waals surface area (Å²) < 4.78 is 15.7. The first-order chi connectivity index (χ1) is 17.5. The van der Waals surface area contributed by atoms with Gasteiger partial charge in [-0.25, -0.2) is 9.37 Å². The number of carbonyl (C=O) groups is 1. The number of aryl methyl sites for hydroxylation is 1. The molecule has 3 aromatic carbocycles. The molecule has 0 saturated carbocycles. The maximum atomic E-state index is 13.5. The summed E-state index contributed by atoms with van der Waals surface area (Å²) in [7, 11) is 0. The predicted octanol–water partition coefficient (Wildman–Crippen LogP) is 6.72. The third-order valence-electron chi connectivity index (χ3n) is 6.93. The lowest BCUT2D eigenvalue weighted by molar-refractivity contribution is -0.114. The molecule has 1 amide bonds. The molecule has 0 unspecified atom stereocenters. The van der Waals surface area contributed by atoms with Gasteiger partial charge in [0.2, 0.25) is 5.91 Å². The molecule has 1 N–H and O–H groups in total. The van der Waals surface area contributed by atoms with E-state index in [9.17, 15) is 9.18 Å². The van der Waals surface area contributed by atoms with Crippen molar-refractivity contribution in [1.29, 1.82) is 0 Å². The van der Waals surface area contributed by atoms with Gasteiger partial charge in [-0.05, 0) is 105 Å². The number of hydrogen-bond donors (Lipinski definition) is 1. The van der Waals surface area contributed by atoms with Gasteiger partial charge in [-0.1, -0.05) is 23.7 Å². The fraction of sp³-hybridized carbons (Fsp3) is 0.310. The van der Waals surface area contributed by atoms with Crippen molar-refractivity contribution in [2.45, 2.75) is 38.6 Å². The van der Waals surface area contributed by atoms with Crippen LogP contribution in [0.1, 0.15) is 37.7 Å². The Kier molecular flexibility index (Phi) is 7.35. The summed E-state index contributed by atoms with van der Waals surface area (Å²) in [6, 6.07) is 20.5. The molecule has 5 nitrogen and oxygen atoms in total. The number of nitrogens with zero attached hydrogens (tertiary/aromatic N) is 3. The van der Waals surface area contributed by atoms with Crippen LogP contribution in [0.3, 0.4) is 0 Å². The van der Waals surface area contributed by atoms with Crippen molar-refractivity contribution in [2.24, 2.45) is 0 Å². The molecule has 0 atom stereocenters. The van der Waals surface area contributed by atoms with Crippen LogP contribution in [0, 0.1) is 5.82 Å². The molecule has 5 rings (SSSR count). The second kappa shape index (κ2) is 10.8. The van der Waals surface area contributed by atoms with E-state index in [4.69, 9.17) is 16.6 Å². The molecule has 7 heteroatoms. The van der Waals surface area contributed by atoms with Gasteiger partial charge in [0, 0.05) is 29.7 Å². The van der Waals surface area contributed by atoms with Crippen molar-refractivity contribution in [3.63, 3.8) is 0 Å². The topological polar surface area (TPSA) is 50.2 Å².